The third-order valence-corrected chi connectivity index (χ3v) is 7.38. The molecule has 0 bridgehead atoms. The number of carbonyl (C=O) groups is 2. The number of aliphatic hydroxyl groups excluding tert-OH is 1. The first-order valence-electron chi connectivity index (χ1n) is 12.5. The van der Waals surface area contributed by atoms with Gasteiger partial charge in [0.1, 0.15) is 12.4 Å². The average molecular weight is 545 g/mol. The Bertz CT molecular complexity index is 1650. The summed E-state index contributed by atoms with van der Waals surface area (Å²) in [5.74, 6) is -0.450. The number of ether oxygens (including phenoxy) is 2. The molecule has 1 amide bonds. The van der Waals surface area contributed by atoms with Crippen molar-refractivity contribution < 1.29 is 28.6 Å². The van der Waals surface area contributed by atoms with Gasteiger partial charge in [-0.05, 0) is 74.7 Å². The Hall–Kier alpha value is -4.37. The highest BCUT2D eigenvalue weighted by molar-refractivity contribution is 7.22. The lowest BCUT2D eigenvalue weighted by Crippen LogP contribution is -2.31. The molecule has 1 N–H and O–H groups in total. The molecule has 1 atom stereocenters. The van der Waals surface area contributed by atoms with Gasteiger partial charge in [-0.2, -0.15) is 0 Å². The molecule has 3 heterocycles. The fourth-order valence-corrected chi connectivity index (χ4v) is 5.90. The second kappa shape index (κ2) is 10.4. The number of thiazole rings is 1. The lowest BCUT2D eigenvalue weighted by molar-refractivity contribution is -0.117. The molecule has 1 unspecified atom stereocenters. The first kappa shape index (κ1) is 26.2. The predicted molar refractivity (Wildman–Crippen MR) is 150 cm³/mol. The number of furan rings is 1. The highest BCUT2D eigenvalue weighted by atomic mass is 32.1. The second-order valence-electron chi connectivity index (χ2n) is 9.24. The number of ketones is 1. The van der Waals surface area contributed by atoms with Gasteiger partial charge in [0.25, 0.3) is 5.91 Å². The van der Waals surface area contributed by atoms with Crippen molar-refractivity contribution in [1.29, 1.82) is 0 Å². The molecule has 1 aliphatic rings. The Balaban J connectivity index is 1.69. The Morgan fingerprint density at radius 1 is 1.15 bits per heavy atom. The summed E-state index contributed by atoms with van der Waals surface area (Å²) >= 11 is 1.32. The molecule has 200 valence electrons. The summed E-state index contributed by atoms with van der Waals surface area (Å²) in [6, 6.07) is 11.4. The van der Waals surface area contributed by atoms with E-state index < -0.39 is 23.5 Å². The van der Waals surface area contributed by atoms with Crippen molar-refractivity contribution in [1.82, 2.24) is 4.98 Å². The number of nitrogens with zero attached hydrogens (tertiary/aromatic N) is 2. The highest BCUT2D eigenvalue weighted by Gasteiger charge is 2.46. The van der Waals surface area contributed by atoms with Crippen LogP contribution in [-0.4, -0.2) is 35.0 Å². The number of carbonyl (C=O) groups excluding carboxylic acids is 2. The van der Waals surface area contributed by atoms with Gasteiger partial charge in [-0.3, -0.25) is 14.5 Å². The number of anilines is 1. The van der Waals surface area contributed by atoms with Gasteiger partial charge in [0, 0.05) is 0 Å². The summed E-state index contributed by atoms with van der Waals surface area (Å²) in [5, 5.41) is 11.5. The zero-order chi connectivity index (χ0) is 27.8. The number of aliphatic hydroxyl groups is 1. The number of fused-ring (bicyclic) bond motifs is 1. The minimum Gasteiger partial charge on any atom is -0.503 e. The molecule has 0 spiro atoms. The quantitative estimate of drug-likeness (QED) is 0.188. The van der Waals surface area contributed by atoms with Crippen LogP contribution in [0.1, 0.15) is 46.0 Å². The van der Waals surface area contributed by atoms with Crippen LogP contribution >= 0.6 is 11.3 Å². The summed E-state index contributed by atoms with van der Waals surface area (Å²) in [6.07, 6.45) is 1.63. The number of hydrogen-bond donors (Lipinski definition) is 1. The van der Waals surface area contributed by atoms with Crippen molar-refractivity contribution in [2.45, 2.75) is 33.7 Å². The number of amides is 1. The van der Waals surface area contributed by atoms with Gasteiger partial charge in [-0.1, -0.05) is 36.1 Å². The molecule has 39 heavy (non-hydrogen) atoms. The van der Waals surface area contributed by atoms with E-state index in [1.165, 1.54) is 22.3 Å². The molecule has 0 fully saturated rings. The molecule has 0 aliphatic carbocycles. The Labute approximate surface area is 229 Å². The number of rotatable bonds is 9. The van der Waals surface area contributed by atoms with Crippen molar-refractivity contribution in [2.75, 3.05) is 18.1 Å². The fourth-order valence-electron chi connectivity index (χ4n) is 4.73. The zero-order valence-corrected chi connectivity index (χ0v) is 22.9. The topological polar surface area (TPSA) is 102 Å². The third kappa shape index (κ3) is 4.70. The van der Waals surface area contributed by atoms with Gasteiger partial charge >= 0.3 is 0 Å². The lowest BCUT2D eigenvalue weighted by Gasteiger charge is -2.25. The van der Waals surface area contributed by atoms with Crippen molar-refractivity contribution in [2.24, 2.45) is 0 Å². The van der Waals surface area contributed by atoms with Crippen molar-refractivity contribution >= 4 is 38.4 Å². The van der Waals surface area contributed by atoms with Crippen LogP contribution in [0.25, 0.3) is 10.2 Å². The molecule has 0 saturated carbocycles. The van der Waals surface area contributed by atoms with E-state index in [1.807, 2.05) is 32.9 Å². The standard InChI is InChI=1S/C30H28N2O6S/c1-6-12-37-20-11-9-19(15-22(20)36-7-2)26-24(27(33)21-10-8-18(5)38-21)28(34)29(35)32(26)30-31-25-17(4)13-16(3)14-23(25)39-30/h6,8-11,13-15,26,34H,1,7,12H2,2-5H3. The van der Waals surface area contributed by atoms with Crippen LogP contribution in [0.2, 0.25) is 0 Å². The number of Topliss-reactive ketones (excluding diaryl/α,β-unsaturated/α-hetero) is 1. The molecule has 1 aliphatic heterocycles. The monoisotopic (exact) mass is 544 g/mol. The van der Waals surface area contributed by atoms with E-state index in [1.54, 1.807) is 37.3 Å². The van der Waals surface area contributed by atoms with E-state index in [0.717, 1.165) is 21.3 Å². The van der Waals surface area contributed by atoms with Crippen LogP contribution in [0.4, 0.5) is 5.13 Å². The molecule has 5 rings (SSSR count). The van der Waals surface area contributed by atoms with Gasteiger partial charge in [0.05, 0.1) is 28.4 Å². The summed E-state index contributed by atoms with van der Waals surface area (Å²) < 4.78 is 18.1. The largest absolute Gasteiger partial charge is 0.503 e. The average Bonchev–Trinajstić information content (AvgIpc) is 3.59. The van der Waals surface area contributed by atoms with Crippen LogP contribution < -0.4 is 14.4 Å². The summed E-state index contributed by atoms with van der Waals surface area (Å²) in [6.45, 7) is 11.9. The number of hydrogen-bond acceptors (Lipinski definition) is 8. The molecular formula is C30H28N2O6S. The SMILES string of the molecule is C=CCOc1ccc(C2C(C(=O)c3ccc(C)o3)=C(O)C(=O)N2c2nc3c(C)cc(C)cc3s2)cc1OCC. The maximum Gasteiger partial charge on any atom is 0.296 e. The molecule has 8 nitrogen and oxygen atoms in total. The van der Waals surface area contributed by atoms with E-state index in [2.05, 4.69) is 6.58 Å². The van der Waals surface area contributed by atoms with Crippen molar-refractivity contribution in [3.8, 4) is 11.5 Å². The second-order valence-corrected chi connectivity index (χ2v) is 10.3. The Morgan fingerprint density at radius 2 is 1.95 bits per heavy atom. The van der Waals surface area contributed by atoms with E-state index in [0.29, 0.717) is 34.6 Å². The van der Waals surface area contributed by atoms with E-state index in [9.17, 15) is 14.7 Å². The van der Waals surface area contributed by atoms with Crippen molar-refractivity contribution in [3.05, 3.63) is 94.7 Å². The normalized spacial score (nSPS) is 15.3. The summed E-state index contributed by atoms with van der Waals surface area (Å²) in [4.78, 5) is 33.5. The third-order valence-electron chi connectivity index (χ3n) is 6.38. The Morgan fingerprint density at radius 3 is 2.64 bits per heavy atom. The molecule has 4 aromatic rings. The maximum atomic E-state index is 13.7. The number of benzene rings is 2. The fraction of sp³-hybridized carbons (Fsp3) is 0.233. The van der Waals surface area contributed by atoms with Gasteiger partial charge in [0.15, 0.2) is 28.1 Å². The molecular weight excluding hydrogens is 516 g/mol. The molecule has 0 saturated heterocycles. The van der Waals surface area contributed by atoms with E-state index in [4.69, 9.17) is 18.9 Å². The van der Waals surface area contributed by atoms with Crippen molar-refractivity contribution in [3.63, 3.8) is 0 Å². The van der Waals surface area contributed by atoms with Crippen LogP contribution in [0.5, 0.6) is 11.5 Å². The molecule has 2 aromatic carbocycles. The highest BCUT2D eigenvalue weighted by Crippen LogP contribution is 2.46. The summed E-state index contributed by atoms with van der Waals surface area (Å²) in [5.41, 5.74) is 3.25. The minimum atomic E-state index is -0.981. The predicted octanol–water partition coefficient (Wildman–Crippen LogP) is 6.56. The van der Waals surface area contributed by atoms with E-state index >= 15 is 0 Å². The first-order valence-corrected chi connectivity index (χ1v) is 13.3. The molecule has 9 heteroatoms. The number of aryl methyl sites for hydroxylation is 3. The van der Waals surface area contributed by atoms with Crippen LogP contribution in [0.3, 0.4) is 0 Å². The van der Waals surface area contributed by atoms with Crippen LogP contribution in [-0.2, 0) is 4.79 Å². The van der Waals surface area contributed by atoms with Gasteiger partial charge in [-0.25, -0.2) is 4.98 Å². The van der Waals surface area contributed by atoms with Crippen LogP contribution in [0, 0.1) is 20.8 Å². The van der Waals surface area contributed by atoms with Gasteiger partial charge in [0.2, 0.25) is 5.78 Å². The van der Waals surface area contributed by atoms with Crippen LogP contribution in [0.15, 0.2) is 70.9 Å². The minimum absolute atomic E-state index is 0.0282. The first-order chi connectivity index (χ1) is 18.7. The zero-order valence-electron chi connectivity index (χ0n) is 22.1. The maximum absolute atomic E-state index is 13.7. The van der Waals surface area contributed by atoms with Gasteiger partial charge < -0.3 is 19.0 Å². The molecule has 2 aromatic heterocycles. The molecule has 0 radical (unpaired) electrons. The van der Waals surface area contributed by atoms with E-state index in [-0.39, 0.29) is 17.9 Å². The Kier molecular flexibility index (Phi) is 7.01. The lowest BCUT2D eigenvalue weighted by atomic mass is 9.95. The smallest absolute Gasteiger partial charge is 0.296 e. The number of aromatic nitrogens is 1. The van der Waals surface area contributed by atoms with Gasteiger partial charge in [-0.15, -0.1) is 0 Å². The summed E-state index contributed by atoms with van der Waals surface area (Å²) in [7, 11) is 0.